The van der Waals surface area contributed by atoms with E-state index in [1.807, 2.05) is 54.6 Å². The third-order valence-electron chi connectivity index (χ3n) is 5.45. The minimum atomic E-state index is -0.0935. The number of furan rings is 1. The highest BCUT2D eigenvalue weighted by Gasteiger charge is 2.21. The summed E-state index contributed by atoms with van der Waals surface area (Å²) < 4.78 is 5.57. The van der Waals surface area contributed by atoms with E-state index >= 15 is 0 Å². The number of hydrogen-bond donors (Lipinski definition) is 1. The molecular weight excluding hydrogens is 388 g/mol. The monoisotopic (exact) mass is 420 g/mol. The van der Waals surface area contributed by atoms with Crippen LogP contribution in [0.25, 0.3) is 11.0 Å². The maximum absolute atomic E-state index is 13.3. The predicted molar refractivity (Wildman–Crippen MR) is 125 cm³/mol. The molecule has 0 aliphatic rings. The van der Waals surface area contributed by atoms with Gasteiger partial charge in [0.15, 0.2) is 0 Å². The Morgan fingerprint density at radius 1 is 0.871 bits per heavy atom. The van der Waals surface area contributed by atoms with E-state index in [0.29, 0.717) is 24.2 Å². The summed E-state index contributed by atoms with van der Waals surface area (Å²) in [5.41, 5.74) is 2.03. The second-order valence-electron chi connectivity index (χ2n) is 7.87. The van der Waals surface area contributed by atoms with Gasteiger partial charge in [-0.1, -0.05) is 75.4 Å². The molecule has 0 unspecified atom stereocenters. The third-order valence-corrected chi connectivity index (χ3v) is 5.45. The van der Waals surface area contributed by atoms with Crippen LogP contribution in [0, 0.1) is 0 Å². The van der Waals surface area contributed by atoms with E-state index < -0.39 is 0 Å². The summed E-state index contributed by atoms with van der Waals surface area (Å²) >= 11 is 0. The van der Waals surface area contributed by atoms with Crippen molar-refractivity contribution < 1.29 is 14.0 Å². The minimum Gasteiger partial charge on any atom is -0.463 e. The molecular formula is C26H32N2O3. The van der Waals surface area contributed by atoms with Gasteiger partial charge in [0, 0.05) is 30.6 Å². The van der Waals surface area contributed by atoms with Gasteiger partial charge in [0.2, 0.25) is 5.91 Å². The zero-order chi connectivity index (χ0) is 21.9. The number of anilines is 1. The second kappa shape index (κ2) is 11.9. The molecule has 1 N–H and O–H groups in total. The molecule has 1 heterocycles. The number of fused-ring (bicyclic) bond motifs is 1. The molecule has 0 atom stereocenters. The molecule has 0 spiro atoms. The van der Waals surface area contributed by atoms with E-state index in [1.54, 1.807) is 4.90 Å². The van der Waals surface area contributed by atoms with Crippen molar-refractivity contribution in [2.45, 2.75) is 51.9 Å². The van der Waals surface area contributed by atoms with E-state index in [0.717, 1.165) is 23.9 Å². The Morgan fingerprint density at radius 3 is 2.39 bits per heavy atom. The fourth-order valence-electron chi connectivity index (χ4n) is 3.69. The van der Waals surface area contributed by atoms with Gasteiger partial charge in [0.05, 0.1) is 5.56 Å². The van der Waals surface area contributed by atoms with Crippen LogP contribution < -0.4 is 5.32 Å². The molecule has 1 aromatic heterocycles. The lowest BCUT2D eigenvalue weighted by molar-refractivity contribution is -0.116. The van der Waals surface area contributed by atoms with Gasteiger partial charge < -0.3 is 14.6 Å². The highest BCUT2D eigenvalue weighted by Crippen LogP contribution is 2.22. The van der Waals surface area contributed by atoms with Crippen LogP contribution in [0.4, 0.5) is 5.69 Å². The van der Waals surface area contributed by atoms with E-state index in [2.05, 4.69) is 12.2 Å². The molecule has 0 saturated heterocycles. The summed E-state index contributed by atoms with van der Waals surface area (Å²) in [5, 5.41) is 3.71. The van der Waals surface area contributed by atoms with Gasteiger partial charge in [0.25, 0.3) is 5.91 Å². The lowest BCUT2D eigenvalue weighted by Gasteiger charge is -2.22. The van der Waals surface area contributed by atoms with Crippen LogP contribution in [-0.4, -0.2) is 29.8 Å². The fraction of sp³-hybridized carbons (Fsp3) is 0.385. The van der Waals surface area contributed by atoms with Crippen molar-refractivity contribution in [2.75, 3.05) is 18.4 Å². The number of nitrogens with zero attached hydrogens (tertiary/aromatic N) is 1. The molecule has 0 radical (unpaired) electrons. The maximum Gasteiger partial charge on any atom is 0.257 e. The van der Waals surface area contributed by atoms with E-state index in [1.165, 1.54) is 31.9 Å². The lowest BCUT2D eigenvalue weighted by atomic mass is 10.1. The zero-order valence-electron chi connectivity index (χ0n) is 18.3. The van der Waals surface area contributed by atoms with E-state index in [-0.39, 0.29) is 18.2 Å². The van der Waals surface area contributed by atoms with Gasteiger partial charge in [-0.3, -0.25) is 9.59 Å². The molecule has 0 fully saturated rings. The average molecular weight is 421 g/mol. The Hall–Kier alpha value is -3.08. The molecule has 5 nitrogen and oxygen atoms in total. The van der Waals surface area contributed by atoms with Crippen molar-refractivity contribution in [3.63, 3.8) is 0 Å². The first-order chi connectivity index (χ1) is 15.2. The number of unbranched alkanes of at least 4 members (excludes halogenated alkanes) is 5. The summed E-state index contributed by atoms with van der Waals surface area (Å²) in [7, 11) is 0. The van der Waals surface area contributed by atoms with Crippen LogP contribution in [0.5, 0.6) is 0 Å². The van der Waals surface area contributed by atoms with Gasteiger partial charge in [0.1, 0.15) is 11.8 Å². The summed E-state index contributed by atoms with van der Waals surface area (Å²) in [6.45, 7) is 3.23. The quantitative estimate of drug-likeness (QED) is 0.352. The van der Waals surface area contributed by atoms with Gasteiger partial charge in [-0.15, -0.1) is 0 Å². The molecule has 164 valence electrons. The Kier molecular flexibility index (Phi) is 8.71. The SMILES string of the molecule is CCCCCCCCN(CCC(=O)Nc1ccccc1)C(=O)c1coc2ccccc12. The number of rotatable bonds is 12. The number of carbonyl (C=O) groups is 2. The molecule has 31 heavy (non-hydrogen) atoms. The summed E-state index contributed by atoms with van der Waals surface area (Å²) in [4.78, 5) is 27.5. The molecule has 0 saturated carbocycles. The van der Waals surface area contributed by atoms with Crippen LogP contribution >= 0.6 is 0 Å². The van der Waals surface area contributed by atoms with Crippen molar-refractivity contribution in [2.24, 2.45) is 0 Å². The van der Waals surface area contributed by atoms with Gasteiger partial charge >= 0.3 is 0 Å². The van der Waals surface area contributed by atoms with Crippen molar-refractivity contribution >= 4 is 28.5 Å². The number of para-hydroxylation sites is 2. The first-order valence-electron chi connectivity index (χ1n) is 11.3. The molecule has 0 aliphatic heterocycles. The van der Waals surface area contributed by atoms with E-state index in [4.69, 9.17) is 4.42 Å². The van der Waals surface area contributed by atoms with Crippen molar-refractivity contribution in [3.8, 4) is 0 Å². The zero-order valence-corrected chi connectivity index (χ0v) is 18.3. The van der Waals surface area contributed by atoms with Gasteiger partial charge in [-0.05, 0) is 24.6 Å². The summed E-state index contributed by atoms with van der Waals surface area (Å²) in [6, 6.07) is 16.9. The molecule has 3 aromatic rings. The van der Waals surface area contributed by atoms with Crippen LogP contribution in [0.15, 0.2) is 65.3 Å². The fourth-order valence-corrected chi connectivity index (χ4v) is 3.69. The largest absolute Gasteiger partial charge is 0.463 e. The van der Waals surface area contributed by atoms with Crippen LogP contribution in [0.3, 0.4) is 0 Å². The minimum absolute atomic E-state index is 0.0778. The number of hydrogen-bond acceptors (Lipinski definition) is 3. The molecule has 5 heteroatoms. The standard InChI is InChI=1S/C26H32N2O3/c1-2-3-4-5-6-12-18-28(19-17-25(29)27-21-13-8-7-9-14-21)26(30)23-20-31-24-16-11-10-15-22(23)24/h7-11,13-16,20H,2-6,12,17-19H2,1H3,(H,27,29). The first kappa shape index (κ1) is 22.6. The Bertz CT molecular complexity index is 965. The number of nitrogens with one attached hydrogen (secondary N) is 1. The highest BCUT2D eigenvalue weighted by atomic mass is 16.3. The number of benzene rings is 2. The Balaban J connectivity index is 1.62. The molecule has 0 aliphatic carbocycles. The van der Waals surface area contributed by atoms with Crippen LogP contribution in [0.1, 0.15) is 62.2 Å². The second-order valence-corrected chi connectivity index (χ2v) is 7.87. The van der Waals surface area contributed by atoms with Crippen molar-refractivity contribution in [3.05, 3.63) is 66.4 Å². The molecule has 2 amide bonds. The summed E-state index contributed by atoms with van der Waals surface area (Å²) in [5.74, 6) is -0.171. The Labute approximate surface area is 184 Å². The molecule has 2 aromatic carbocycles. The molecule has 0 bridgehead atoms. The average Bonchev–Trinajstić information content (AvgIpc) is 3.22. The lowest BCUT2D eigenvalue weighted by Crippen LogP contribution is -2.34. The van der Waals surface area contributed by atoms with Gasteiger partial charge in [-0.2, -0.15) is 0 Å². The number of carbonyl (C=O) groups excluding carboxylic acids is 2. The van der Waals surface area contributed by atoms with Crippen molar-refractivity contribution in [1.29, 1.82) is 0 Å². The van der Waals surface area contributed by atoms with Crippen LogP contribution in [0.2, 0.25) is 0 Å². The first-order valence-corrected chi connectivity index (χ1v) is 11.3. The van der Waals surface area contributed by atoms with Gasteiger partial charge in [-0.25, -0.2) is 0 Å². The normalized spacial score (nSPS) is 10.9. The molecule has 3 rings (SSSR count). The topological polar surface area (TPSA) is 62.6 Å². The third kappa shape index (κ3) is 6.71. The van der Waals surface area contributed by atoms with E-state index in [9.17, 15) is 9.59 Å². The number of amides is 2. The summed E-state index contributed by atoms with van der Waals surface area (Å²) in [6.07, 6.45) is 8.70. The highest BCUT2D eigenvalue weighted by molar-refractivity contribution is 6.06. The Morgan fingerprint density at radius 2 is 1.58 bits per heavy atom. The van der Waals surface area contributed by atoms with Crippen molar-refractivity contribution in [1.82, 2.24) is 4.90 Å². The smallest absolute Gasteiger partial charge is 0.257 e. The maximum atomic E-state index is 13.3. The van der Waals surface area contributed by atoms with Crippen LogP contribution in [-0.2, 0) is 4.79 Å². The predicted octanol–water partition coefficient (Wildman–Crippen LogP) is 6.26.